The lowest BCUT2D eigenvalue weighted by atomic mass is 9.82. The van der Waals surface area contributed by atoms with Crippen molar-refractivity contribution < 1.29 is 30.0 Å². The van der Waals surface area contributed by atoms with E-state index in [4.69, 9.17) is 0 Å². The molecule has 0 unspecified atom stereocenters. The quantitative estimate of drug-likeness (QED) is 0.390. The minimum absolute atomic E-state index is 0.00382. The number of aryl methyl sites for hydroxylation is 3. The molecule has 0 aliphatic carbocycles. The van der Waals surface area contributed by atoms with Crippen LogP contribution in [0.4, 0.5) is 0 Å². The van der Waals surface area contributed by atoms with Crippen LogP contribution in [-0.4, -0.2) is 32.4 Å². The first-order valence-electron chi connectivity index (χ1n) is 10.5. The van der Waals surface area contributed by atoms with Crippen molar-refractivity contribution in [2.45, 2.75) is 48.5 Å². The van der Waals surface area contributed by atoms with Gasteiger partial charge in [0.25, 0.3) is 0 Å². The van der Waals surface area contributed by atoms with Gasteiger partial charge in [0, 0.05) is 11.1 Å². The summed E-state index contributed by atoms with van der Waals surface area (Å²) in [6.45, 7) is 12.3. The van der Waals surface area contributed by atoms with Gasteiger partial charge in [-0.1, -0.05) is 6.07 Å². The van der Waals surface area contributed by atoms with Crippen molar-refractivity contribution in [3.8, 4) is 33.8 Å². The van der Waals surface area contributed by atoms with Crippen LogP contribution in [0.2, 0.25) is 0 Å². The monoisotopic (exact) mass is 448 g/mol. The normalized spacial score (nSPS) is 11.0. The zero-order valence-electron chi connectivity index (χ0n) is 19.8. The van der Waals surface area contributed by atoms with E-state index in [0.29, 0.717) is 38.9 Å². The van der Waals surface area contributed by atoms with E-state index in [0.717, 1.165) is 22.3 Å². The third kappa shape index (κ3) is 3.71. The first kappa shape index (κ1) is 23.9. The molecule has 3 aromatic carbocycles. The second kappa shape index (κ2) is 8.28. The fourth-order valence-corrected chi connectivity index (χ4v) is 4.96. The third-order valence-electron chi connectivity index (χ3n) is 6.55. The molecule has 4 N–H and O–H groups in total. The highest BCUT2D eigenvalue weighted by Gasteiger charge is 2.25. The Morgan fingerprint density at radius 3 is 1.42 bits per heavy atom. The average molecular weight is 449 g/mol. The lowest BCUT2D eigenvalue weighted by molar-refractivity contribution is 0.0684. The molecule has 0 amide bonds. The molecule has 3 aromatic rings. The number of hydrogen-bond acceptors (Lipinski definition) is 4. The standard InChI is InChI=1S/C27H28O6/c1-11-8-18(24-16(6)22(26(30)31)12(2)9-19(24)28)14(4)15(5)21(11)25-17(7)23(27(32)33)13(3)10-20(25)29/h8-10,28-29H,1-7H3,(H,30,31)(H,32,33). The molecule has 6 heteroatoms. The number of carbonyl (C=O) groups is 2. The van der Waals surface area contributed by atoms with E-state index in [1.54, 1.807) is 27.7 Å². The average Bonchev–Trinajstić information content (AvgIpc) is 2.66. The Bertz CT molecular complexity index is 1350. The molecule has 0 atom stereocenters. The summed E-state index contributed by atoms with van der Waals surface area (Å²) in [6, 6.07) is 4.77. The van der Waals surface area contributed by atoms with Crippen molar-refractivity contribution in [2.75, 3.05) is 0 Å². The van der Waals surface area contributed by atoms with Gasteiger partial charge in [0.05, 0.1) is 11.1 Å². The Morgan fingerprint density at radius 1 is 0.545 bits per heavy atom. The van der Waals surface area contributed by atoms with Crippen LogP contribution >= 0.6 is 0 Å². The smallest absolute Gasteiger partial charge is 0.336 e. The topological polar surface area (TPSA) is 115 Å². The van der Waals surface area contributed by atoms with Gasteiger partial charge in [-0.25, -0.2) is 9.59 Å². The molecule has 0 bridgehead atoms. The highest BCUT2D eigenvalue weighted by molar-refractivity contribution is 5.98. The van der Waals surface area contributed by atoms with Gasteiger partial charge in [0.1, 0.15) is 11.5 Å². The number of carboxylic acid groups (broad SMARTS) is 2. The maximum absolute atomic E-state index is 11.8. The van der Waals surface area contributed by atoms with Crippen LogP contribution in [0.1, 0.15) is 59.7 Å². The summed E-state index contributed by atoms with van der Waals surface area (Å²) in [5.41, 5.74) is 6.89. The van der Waals surface area contributed by atoms with Crippen molar-refractivity contribution in [3.05, 3.63) is 68.3 Å². The van der Waals surface area contributed by atoms with Crippen molar-refractivity contribution in [2.24, 2.45) is 0 Å². The highest BCUT2D eigenvalue weighted by Crippen LogP contribution is 2.45. The number of phenols is 2. The zero-order valence-corrected chi connectivity index (χ0v) is 19.8. The second-order valence-corrected chi connectivity index (χ2v) is 8.65. The summed E-state index contributed by atoms with van der Waals surface area (Å²) in [4.78, 5) is 23.7. The summed E-state index contributed by atoms with van der Waals surface area (Å²) < 4.78 is 0. The van der Waals surface area contributed by atoms with E-state index in [-0.39, 0.29) is 22.6 Å². The summed E-state index contributed by atoms with van der Waals surface area (Å²) >= 11 is 0. The molecule has 0 saturated heterocycles. The predicted molar refractivity (Wildman–Crippen MR) is 128 cm³/mol. The Morgan fingerprint density at radius 2 is 0.970 bits per heavy atom. The summed E-state index contributed by atoms with van der Waals surface area (Å²) in [5.74, 6) is -2.13. The van der Waals surface area contributed by atoms with E-state index < -0.39 is 11.9 Å². The molecule has 0 aliphatic rings. The fraction of sp³-hybridized carbons (Fsp3) is 0.259. The Labute approximate surface area is 192 Å². The number of hydrogen-bond donors (Lipinski definition) is 4. The minimum atomic E-state index is -1.06. The largest absolute Gasteiger partial charge is 0.507 e. The first-order chi connectivity index (χ1) is 15.3. The van der Waals surface area contributed by atoms with Gasteiger partial charge in [0.2, 0.25) is 0 Å². The highest BCUT2D eigenvalue weighted by atomic mass is 16.4. The van der Waals surface area contributed by atoms with Gasteiger partial charge in [-0.05, 0) is 111 Å². The van der Waals surface area contributed by atoms with Crippen LogP contribution < -0.4 is 0 Å². The van der Waals surface area contributed by atoms with Crippen molar-refractivity contribution in [3.63, 3.8) is 0 Å². The molecule has 0 radical (unpaired) electrons. The van der Waals surface area contributed by atoms with E-state index in [1.807, 2.05) is 26.8 Å². The Kier molecular flexibility index (Phi) is 5.98. The molecule has 0 fully saturated rings. The maximum atomic E-state index is 11.8. The lowest BCUT2D eigenvalue weighted by Gasteiger charge is -2.23. The summed E-state index contributed by atoms with van der Waals surface area (Å²) in [5, 5.41) is 40.9. The number of aromatic hydroxyl groups is 2. The molecule has 0 aliphatic heterocycles. The molecule has 0 spiro atoms. The van der Waals surface area contributed by atoms with Crippen LogP contribution in [0.15, 0.2) is 18.2 Å². The van der Waals surface area contributed by atoms with Crippen LogP contribution in [0.3, 0.4) is 0 Å². The van der Waals surface area contributed by atoms with E-state index in [9.17, 15) is 30.0 Å². The van der Waals surface area contributed by atoms with Gasteiger partial charge in [0.15, 0.2) is 0 Å². The van der Waals surface area contributed by atoms with Crippen LogP contribution in [0, 0.1) is 48.5 Å². The van der Waals surface area contributed by atoms with Gasteiger partial charge < -0.3 is 20.4 Å². The molecular weight excluding hydrogens is 420 g/mol. The van der Waals surface area contributed by atoms with E-state index in [1.165, 1.54) is 12.1 Å². The number of benzene rings is 3. The van der Waals surface area contributed by atoms with E-state index >= 15 is 0 Å². The number of phenolic OH excluding ortho intramolecular Hbond substituents is 2. The summed E-state index contributed by atoms with van der Waals surface area (Å²) in [6.07, 6.45) is 0. The molecular formula is C27H28O6. The number of carboxylic acids is 2. The molecule has 172 valence electrons. The van der Waals surface area contributed by atoms with Crippen LogP contribution in [0.5, 0.6) is 11.5 Å². The molecule has 6 nitrogen and oxygen atoms in total. The predicted octanol–water partition coefficient (Wildman–Crippen LogP) is 5.99. The Hall–Kier alpha value is -3.80. The van der Waals surface area contributed by atoms with Crippen molar-refractivity contribution in [1.82, 2.24) is 0 Å². The van der Waals surface area contributed by atoms with E-state index in [2.05, 4.69) is 0 Å². The SMILES string of the molecule is Cc1cc(O)c(-c2cc(C)c(-c3c(O)cc(C)c(C(=O)O)c3C)c(C)c2C)c(C)c1C(=O)O. The van der Waals surface area contributed by atoms with Crippen molar-refractivity contribution in [1.29, 1.82) is 0 Å². The van der Waals surface area contributed by atoms with Crippen LogP contribution in [0.25, 0.3) is 22.3 Å². The fourth-order valence-electron chi connectivity index (χ4n) is 4.96. The van der Waals surface area contributed by atoms with Crippen LogP contribution in [-0.2, 0) is 0 Å². The number of aromatic carboxylic acids is 2. The Balaban J connectivity index is 2.40. The maximum Gasteiger partial charge on any atom is 0.336 e. The zero-order chi connectivity index (χ0) is 24.9. The van der Waals surface area contributed by atoms with Gasteiger partial charge in [-0.2, -0.15) is 0 Å². The second-order valence-electron chi connectivity index (χ2n) is 8.65. The minimum Gasteiger partial charge on any atom is -0.507 e. The third-order valence-corrected chi connectivity index (χ3v) is 6.55. The summed E-state index contributed by atoms with van der Waals surface area (Å²) in [7, 11) is 0. The molecule has 33 heavy (non-hydrogen) atoms. The van der Waals surface area contributed by atoms with Gasteiger partial charge in [-0.3, -0.25) is 0 Å². The number of rotatable bonds is 4. The molecule has 0 aromatic heterocycles. The van der Waals surface area contributed by atoms with Crippen molar-refractivity contribution >= 4 is 11.9 Å². The molecule has 3 rings (SSSR count). The molecule has 0 heterocycles. The van der Waals surface area contributed by atoms with Gasteiger partial charge in [-0.15, -0.1) is 0 Å². The first-order valence-corrected chi connectivity index (χ1v) is 10.5. The lowest BCUT2D eigenvalue weighted by Crippen LogP contribution is -2.07. The molecule has 0 saturated carbocycles. The van der Waals surface area contributed by atoms with Gasteiger partial charge >= 0.3 is 11.9 Å².